The number of rotatable bonds is 7. The largest absolute Gasteiger partial charge is 0.437 e. The van der Waals surface area contributed by atoms with Crippen LogP contribution in [0.15, 0.2) is 24.5 Å². The van der Waals surface area contributed by atoms with Crippen molar-refractivity contribution >= 4 is 42.7 Å². The Kier molecular flexibility index (Phi) is 17.4. The van der Waals surface area contributed by atoms with E-state index in [1.54, 1.807) is 11.6 Å². The van der Waals surface area contributed by atoms with Gasteiger partial charge in [-0.05, 0) is 70.8 Å². The topological polar surface area (TPSA) is 142 Å². The summed E-state index contributed by atoms with van der Waals surface area (Å²) in [4.78, 5) is 9.88. The summed E-state index contributed by atoms with van der Waals surface area (Å²) < 4.78 is 29.7. The standard InChI is InChI=1S/C13H19BClFN2O3.C12H16ClFN2O2.2CH4.ClH/c1-14(21)18-4-2-13(16,3-5-18)12-10(15)6-9(7-17-12)11(20)8-19;13-9-5-8(10(18)7-17)6-16-11(9)12(14)1-3-15-4-2-12;;;/h6-7,11,19-21H,2-5,8H2,1H3;5-6,10,15,17-18H,1-4,7H2;2*1H4;1H/t11-;10-;;;/m11.../s1. The number of nitrogens with one attached hydrogen (secondary N) is 1. The van der Waals surface area contributed by atoms with Gasteiger partial charge in [-0.25, -0.2) is 8.78 Å². The Balaban J connectivity index is 0.000000754. The third-order valence-electron chi connectivity index (χ3n) is 7.20. The first kappa shape index (κ1) is 40.8. The molecule has 0 radical (unpaired) electrons. The first-order valence-corrected chi connectivity index (χ1v) is 13.6. The summed E-state index contributed by atoms with van der Waals surface area (Å²) in [6.07, 6.45) is 1.67. The van der Waals surface area contributed by atoms with Crippen LogP contribution in [0.2, 0.25) is 16.9 Å². The lowest BCUT2D eigenvalue weighted by Gasteiger charge is -2.37. The molecule has 2 aromatic rings. The van der Waals surface area contributed by atoms with Crippen molar-refractivity contribution in [2.75, 3.05) is 39.4 Å². The van der Waals surface area contributed by atoms with E-state index in [1.807, 2.05) is 0 Å². The molecule has 42 heavy (non-hydrogen) atoms. The fourth-order valence-corrected chi connectivity index (χ4v) is 5.38. The van der Waals surface area contributed by atoms with E-state index >= 15 is 4.39 Å². The fourth-order valence-electron chi connectivity index (χ4n) is 4.69. The molecule has 2 atom stereocenters. The van der Waals surface area contributed by atoms with Gasteiger partial charge in [0.15, 0.2) is 11.3 Å². The lowest BCUT2D eigenvalue weighted by Crippen LogP contribution is -2.47. The molecule has 2 saturated heterocycles. The Morgan fingerprint density at radius 1 is 0.881 bits per heavy atom. The molecule has 9 nitrogen and oxygen atoms in total. The summed E-state index contributed by atoms with van der Waals surface area (Å²) in [6.45, 7) is 2.83. The maximum absolute atomic E-state index is 15.0. The fraction of sp³-hybridized carbons (Fsp3) is 0.630. The molecule has 2 aromatic heterocycles. The van der Waals surface area contributed by atoms with Gasteiger partial charge in [0.2, 0.25) is 0 Å². The van der Waals surface area contributed by atoms with E-state index in [1.165, 1.54) is 24.5 Å². The predicted octanol–water partition coefficient (Wildman–Crippen LogP) is 4.13. The average molecular weight is 660 g/mol. The van der Waals surface area contributed by atoms with Crippen LogP contribution in [0.3, 0.4) is 0 Å². The zero-order valence-electron chi connectivity index (χ0n) is 22.1. The van der Waals surface area contributed by atoms with Gasteiger partial charge in [0.05, 0.1) is 34.6 Å². The van der Waals surface area contributed by atoms with Gasteiger partial charge in [0.1, 0.15) is 12.2 Å². The van der Waals surface area contributed by atoms with Crippen LogP contribution < -0.4 is 5.32 Å². The number of pyridine rings is 2. The number of nitrogens with zero attached hydrogens (tertiary/aromatic N) is 3. The third kappa shape index (κ3) is 9.92. The number of aliphatic hydroxyl groups is 4. The van der Waals surface area contributed by atoms with E-state index in [4.69, 9.17) is 33.4 Å². The van der Waals surface area contributed by atoms with Gasteiger partial charge in [-0.1, -0.05) is 38.1 Å². The van der Waals surface area contributed by atoms with Crippen molar-refractivity contribution in [2.24, 2.45) is 0 Å². The van der Waals surface area contributed by atoms with Crippen molar-refractivity contribution in [1.82, 2.24) is 20.1 Å². The molecule has 0 aromatic carbocycles. The highest BCUT2D eigenvalue weighted by atomic mass is 35.5. The van der Waals surface area contributed by atoms with E-state index in [-0.39, 0.29) is 61.5 Å². The predicted molar refractivity (Wildman–Crippen MR) is 166 cm³/mol. The van der Waals surface area contributed by atoms with Gasteiger partial charge < -0.3 is 35.6 Å². The van der Waals surface area contributed by atoms with Gasteiger partial charge in [-0.15, -0.1) is 12.4 Å². The molecule has 6 N–H and O–H groups in total. The molecule has 0 spiro atoms. The number of halogens is 5. The number of piperidine rings is 2. The molecular formula is C27H44BCl3F2N4O5. The van der Waals surface area contributed by atoms with Crippen molar-refractivity contribution in [2.45, 2.75) is 70.9 Å². The number of aliphatic hydroxyl groups excluding tert-OH is 4. The second-order valence-electron chi connectivity index (χ2n) is 9.94. The van der Waals surface area contributed by atoms with E-state index in [0.29, 0.717) is 50.1 Å². The SMILES string of the molecule is C.C.CB(O)N1CCC(F)(c2ncc([C@H](O)CO)cc2Cl)CC1.Cl.OC[C@@H](O)c1cnc(C2(F)CCNCC2)c(Cl)c1. The number of alkyl halides is 2. The molecule has 15 heteroatoms. The summed E-state index contributed by atoms with van der Waals surface area (Å²) in [5.41, 5.74) is -2.01. The van der Waals surface area contributed by atoms with Crippen LogP contribution >= 0.6 is 35.6 Å². The van der Waals surface area contributed by atoms with Crippen molar-refractivity contribution in [3.05, 3.63) is 57.1 Å². The summed E-state index contributed by atoms with van der Waals surface area (Å²) in [7, 11) is -0.597. The van der Waals surface area contributed by atoms with Crippen molar-refractivity contribution in [3.63, 3.8) is 0 Å². The Labute approximate surface area is 263 Å². The maximum atomic E-state index is 15.0. The molecule has 0 aliphatic carbocycles. The van der Waals surface area contributed by atoms with E-state index in [9.17, 15) is 19.6 Å². The molecule has 0 bridgehead atoms. The smallest absolute Gasteiger partial charge is 0.376 e. The summed E-state index contributed by atoms with van der Waals surface area (Å²) in [5, 5.41) is 49.7. The highest BCUT2D eigenvalue weighted by molar-refractivity contribution is 6.45. The summed E-state index contributed by atoms with van der Waals surface area (Å²) in [5.74, 6) is 0. The average Bonchev–Trinajstić information content (AvgIpc) is 2.92. The van der Waals surface area contributed by atoms with Gasteiger partial charge >= 0.3 is 7.05 Å². The second-order valence-corrected chi connectivity index (χ2v) is 10.8. The summed E-state index contributed by atoms with van der Waals surface area (Å²) in [6, 6.07) is 2.90. The first-order valence-electron chi connectivity index (χ1n) is 12.8. The van der Waals surface area contributed by atoms with Crippen LogP contribution in [0.4, 0.5) is 8.78 Å². The van der Waals surface area contributed by atoms with E-state index in [2.05, 4.69) is 15.3 Å². The monoisotopic (exact) mass is 658 g/mol. The number of aromatic nitrogens is 2. The van der Waals surface area contributed by atoms with E-state index in [0.717, 1.165) is 0 Å². The van der Waals surface area contributed by atoms with Crippen molar-refractivity contribution in [1.29, 1.82) is 0 Å². The highest BCUT2D eigenvalue weighted by Crippen LogP contribution is 2.40. The van der Waals surface area contributed by atoms with Crippen LogP contribution in [0.25, 0.3) is 0 Å². The quantitative estimate of drug-likeness (QED) is 0.242. The molecular weight excluding hydrogens is 615 g/mol. The minimum atomic E-state index is -1.63. The number of hydrogen-bond acceptors (Lipinski definition) is 9. The molecule has 4 heterocycles. The van der Waals surface area contributed by atoms with Gasteiger partial charge in [-0.3, -0.25) is 9.97 Å². The first-order chi connectivity index (χ1) is 18.4. The Morgan fingerprint density at radius 3 is 1.60 bits per heavy atom. The lowest BCUT2D eigenvalue weighted by atomic mass is 9.79. The second kappa shape index (κ2) is 17.9. The third-order valence-corrected chi connectivity index (χ3v) is 7.78. The molecule has 0 saturated carbocycles. The normalized spacial score (nSPS) is 19.0. The van der Waals surface area contributed by atoms with Crippen molar-refractivity contribution < 1.29 is 34.2 Å². The molecule has 0 amide bonds. The molecule has 2 aliphatic heterocycles. The molecule has 4 rings (SSSR count). The minimum absolute atomic E-state index is 0. The Bertz CT molecular complexity index is 1100. The zero-order valence-corrected chi connectivity index (χ0v) is 24.4. The van der Waals surface area contributed by atoms with Gasteiger partial charge in [-0.2, -0.15) is 0 Å². The minimum Gasteiger partial charge on any atom is -0.437 e. The summed E-state index contributed by atoms with van der Waals surface area (Å²) >= 11 is 12.1. The number of hydrogen-bond donors (Lipinski definition) is 6. The Morgan fingerprint density at radius 2 is 1.26 bits per heavy atom. The van der Waals surface area contributed by atoms with E-state index < -0.39 is 43.8 Å². The molecule has 2 aliphatic rings. The van der Waals surface area contributed by atoms with Crippen LogP contribution in [0.1, 0.15) is 75.3 Å². The maximum Gasteiger partial charge on any atom is 0.376 e. The molecule has 2 fully saturated rings. The molecule has 240 valence electrons. The zero-order chi connectivity index (χ0) is 28.8. The van der Waals surface area contributed by atoms with Gasteiger partial charge in [0.25, 0.3) is 0 Å². The highest BCUT2D eigenvalue weighted by Gasteiger charge is 2.40. The van der Waals surface area contributed by atoms with Crippen LogP contribution in [0, 0.1) is 0 Å². The van der Waals surface area contributed by atoms with Crippen LogP contribution in [-0.4, -0.2) is 86.7 Å². The lowest BCUT2D eigenvalue weighted by molar-refractivity contribution is 0.0758. The van der Waals surface area contributed by atoms with Crippen LogP contribution in [0.5, 0.6) is 0 Å². The Hall–Kier alpha value is -1.19. The molecule has 0 unspecified atom stereocenters. The van der Waals surface area contributed by atoms with Crippen LogP contribution in [-0.2, 0) is 11.3 Å². The van der Waals surface area contributed by atoms with Crippen molar-refractivity contribution in [3.8, 4) is 0 Å². The van der Waals surface area contributed by atoms with Gasteiger partial charge in [0, 0.05) is 23.5 Å².